The molecule has 0 spiro atoms. The summed E-state index contributed by atoms with van der Waals surface area (Å²) in [6, 6.07) is 9.92. The van der Waals surface area contributed by atoms with Crippen LogP contribution in [0.1, 0.15) is 25.7 Å². The quantitative estimate of drug-likeness (QED) is 0.574. The predicted octanol–water partition coefficient (Wildman–Crippen LogP) is 3.35. The Kier molecular flexibility index (Phi) is 8.62. The maximum absolute atomic E-state index is 13.2. The van der Waals surface area contributed by atoms with E-state index in [1.807, 2.05) is 6.07 Å². The molecule has 186 valence electrons. The molecule has 0 aromatic heterocycles. The summed E-state index contributed by atoms with van der Waals surface area (Å²) >= 11 is 0. The summed E-state index contributed by atoms with van der Waals surface area (Å²) in [5.41, 5.74) is 1.07. The highest BCUT2D eigenvalue weighted by Crippen LogP contribution is 2.32. The van der Waals surface area contributed by atoms with Crippen molar-refractivity contribution in [3.63, 3.8) is 0 Å². The van der Waals surface area contributed by atoms with Crippen molar-refractivity contribution >= 4 is 27.3 Å². The van der Waals surface area contributed by atoms with E-state index in [9.17, 15) is 13.2 Å². The summed E-state index contributed by atoms with van der Waals surface area (Å²) < 4.78 is 43.9. The van der Waals surface area contributed by atoms with Crippen LogP contribution in [0.3, 0.4) is 0 Å². The van der Waals surface area contributed by atoms with Gasteiger partial charge in [-0.15, -0.1) is 0 Å². The van der Waals surface area contributed by atoms with Crippen molar-refractivity contribution in [2.24, 2.45) is 0 Å². The highest BCUT2D eigenvalue weighted by molar-refractivity contribution is 7.89. The standard InChI is InChI=1S/C24H33N3O6S/c1-26(18-9-11-22(32-3)23(15-18)33-4)17-24(28)25-20-16-19(10-12-21(20)31-2)34(29,30)27-13-7-5-6-8-14-27/h9-12,15-16H,5-8,13-14,17H2,1-4H3,(H,25,28). The van der Waals surface area contributed by atoms with Gasteiger partial charge < -0.3 is 24.4 Å². The Morgan fingerprint density at radius 1 is 0.912 bits per heavy atom. The van der Waals surface area contributed by atoms with Crippen LogP contribution in [-0.4, -0.2) is 66.6 Å². The number of ether oxygens (including phenoxy) is 3. The Bertz CT molecular complexity index is 1100. The van der Waals surface area contributed by atoms with Crippen LogP contribution >= 0.6 is 0 Å². The number of amides is 1. The number of hydrogen-bond acceptors (Lipinski definition) is 7. The van der Waals surface area contributed by atoms with Gasteiger partial charge in [-0.2, -0.15) is 4.31 Å². The molecule has 1 saturated heterocycles. The van der Waals surface area contributed by atoms with Crippen molar-refractivity contribution in [2.45, 2.75) is 30.6 Å². The predicted molar refractivity (Wildman–Crippen MR) is 132 cm³/mol. The Balaban J connectivity index is 1.77. The van der Waals surface area contributed by atoms with Gasteiger partial charge >= 0.3 is 0 Å². The minimum atomic E-state index is -3.66. The van der Waals surface area contributed by atoms with Gasteiger partial charge in [0, 0.05) is 31.9 Å². The minimum absolute atomic E-state index is 0.0295. The molecule has 1 fully saturated rings. The molecular weight excluding hydrogens is 458 g/mol. The van der Waals surface area contributed by atoms with Crippen LogP contribution < -0.4 is 24.4 Å². The fourth-order valence-electron chi connectivity index (χ4n) is 3.94. The number of nitrogens with one attached hydrogen (secondary N) is 1. The van der Waals surface area contributed by atoms with Crippen molar-refractivity contribution in [1.82, 2.24) is 4.31 Å². The van der Waals surface area contributed by atoms with Crippen LogP contribution in [0.15, 0.2) is 41.3 Å². The zero-order valence-corrected chi connectivity index (χ0v) is 21.0. The van der Waals surface area contributed by atoms with Crippen molar-refractivity contribution < 1.29 is 27.4 Å². The smallest absolute Gasteiger partial charge is 0.243 e. The lowest BCUT2D eigenvalue weighted by atomic mass is 10.2. The summed E-state index contributed by atoms with van der Waals surface area (Å²) in [6.45, 7) is 1.04. The maximum atomic E-state index is 13.2. The molecule has 10 heteroatoms. The topological polar surface area (TPSA) is 97.4 Å². The van der Waals surface area contributed by atoms with Gasteiger partial charge in [-0.1, -0.05) is 12.8 Å². The van der Waals surface area contributed by atoms with E-state index in [-0.39, 0.29) is 17.3 Å². The minimum Gasteiger partial charge on any atom is -0.495 e. The number of carbonyl (C=O) groups is 1. The number of methoxy groups -OCH3 is 3. The number of benzene rings is 2. The van der Waals surface area contributed by atoms with Crippen molar-refractivity contribution in [2.75, 3.05) is 58.2 Å². The lowest BCUT2D eigenvalue weighted by Gasteiger charge is -2.22. The van der Waals surface area contributed by atoms with E-state index in [4.69, 9.17) is 14.2 Å². The Morgan fingerprint density at radius 2 is 1.53 bits per heavy atom. The first kappa shape index (κ1) is 25.6. The van der Waals surface area contributed by atoms with Gasteiger partial charge in [0.1, 0.15) is 5.75 Å². The number of sulfonamides is 1. The molecule has 3 rings (SSSR count). The zero-order valence-electron chi connectivity index (χ0n) is 20.2. The summed E-state index contributed by atoms with van der Waals surface area (Å²) in [6.07, 6.45) is 3.76. The van der Waals surface area contributed by atoms with Crippen LogP contribution in [0.5, 0.6) is 17.2 Å². The van der Waals surface area contributed by atoms with E-state index in [2.05, 4.69) is 5.32 Å². The van der Waals surface area contributed by atoms with Gasteiger partial charge in [-0.05, 0) is 43.2 Å². The first-order valence-electron chi connectivity index (χ1n) is 11.2. The fourth-order valence-corrected chi connectivity index (χ4v) is 5.48. The largest absolute Gasteiger partial charge is 0.495 e. The third-order valence-electron chi connectivity index (χ3n) is 5.84. The summed E-state index contributed by atoms with van der Waals surface area (Å²) in [4.78, 5) is 14.7. The van der Waals surface area contributed by atoms with E-state index in [1.54, 1.807) is 44.4 Å². The van der Waals surface area contributed by atoms with Gasteiger partial charge in [0.15, 0.2) is 11.5 Å². The summed E-state index contributed by atoms with van der Waals surface area (Å²) in [5.74, 6) is 1.22. The molecule has 0 atom stereocenters. The SMILES string of the molecule is COc1ccc(S(=O)(=O)N2CCCCCC2)cc1NC(=O)CN(C)c1ccc(OC)c(OC)c1. The zero-order chi connectivity index (χ0) is 24.7. The Morgan fingerprint density at radius 3 is 2.15 bits per heavy atom. The van der Waals surface area contributed by atoms with Crippen molar-refractivity contribution in [3.05, 3.63) is 36.4 Å². The monoisotopic (exact) mass is 491 g/mol. The second-order valence-electron chi connectivity index (χ2n) is 8.12. The van der Waals surface area contributed by atoms with Gasteiger partial charge in [-0.3, -0.25) is 4.79 Å². The third-order valence-corrected chi connectivity index (χ3v) is 7.73. The lowest BCUT2D eigenvalue weighted by Crippen LogP contribution is -2.32. The van der Waals surface area contributed by atoms with E-state index in [1.165, 1.54) is 23.5 Å². The molecule has 0 unspecified atom stereocenters. The number of anilines is 2. The number of rotatable bonds is 9. The van der Waals surface area contributed by atoms with Crippen LogP contribution in [0.2, 0.25) is 0 Å². The molecule has 1 N–H and O–H groups in total. The molecule has 9 nitrogen and oxygen atoms in total. The normalized spacial score (nSPS) is 14.7. The lowest BCUT2D eigenvalue weighted by molar-refractivity contribution is -0.114. The van der Waals surface area contributed by atoms with Crippen molar-refractivity contribution in [3.8, 4) is 17.2 Å². The van der Waals surface area contributed by atoms with Crippen LogP contribution in [0.25, 0.3) is 0 Å². The van der Waals surface area contributed by atoms with E-state index < -0.39 is 10.0 Å². The number of carbonyl (C=O) groups excluding carboxylic acids is 1. The molecule has 0 aliphatic carbocycles. The van der Waals surface area contributed by atoms with Crippen molar-refractivity contribution in [1.29, 1.82) is 0 Å². The molecule has 0 saturated carbocycles. The van der Waals surface area contributed by atoms with E-state index >= 15 is 0 Å². The molecule has 2 aromatic rings. The average Bonchev–Trinajstić information content (AvgIpc) is 3.13. The number of hydrogen-bond donors (Lipinski definition) is 1. The Hall–Kier alpha value is -2.98. The molecular formula is C24H33N3O6S. The van der Waals surface area contributed by atoms with Crippen LogP contribution in [0, 0.1) is 0 Å². The van der Waals surface area contributed by atoms with Crippen LogP contribution in [0.4, 0.5) is 11.4 Å². The highest BCUT2D eigenvalue weighted by Gasteiger charge is 2.26. The van der Waals surface area contributed by atoms with Gasteiger partial charge in [0.25, 0.3) is 0 Å². The molecule has 1 aliphatic rings. The average molecular weight is 492 g/mol. The fraction of sp³-hybridized carbons (Fsp3) is 0.458. The molecule has 0 radical (unpaired) electrons. The highest BCUT2D eigenvalue weighted by atomic mass is 32.2. The molecule has 0 bridgehead atoms. The van der Waals surface area contributed by atoms with E-state index in [0.29, 0.717) is 36.0 Å². The number of likely N-dealkylation sites (N-methyl/N-ethyl adjacent to an activating group) is 1. The Labute approximate surface area is 201 Å². The molecule has 34 heavy (non-hydrogen) atoms. The van der Waals surface area contributed by atoms with E-state index in [0.717, 1.165) is 31.4 Å². The second kappa shape index (κ2) is 11.4. The summed E-state index contributed by atoms with van der Waals surface area (Å²) in [7, 11) is 2.70. The maximum Gasteiger partial charge on any atom is 0.243 e. The molecule has 1 heterocycles. The molecule has 2 aromatic carbocycles. The first-order chi connectivity index (χ1) is 16.3. The van der Waals surface area contributed by atoms with Gasteiger partial charge in [0.05, 0.1) is 38.5 Å². The second-order valence-corrected chi connectivity index (χ2v) is 10.1. The summed E-state index contributed by atoms with van der Waals surface area (Å²) in [5, 5.41) is 2.80. The first-order valence-corrected chi connectivity index (χ1v) is 12.7. The number of nitrogens with zero attached hydrogens (tertiary/aromatic N) is 2. The van der Waals surface area contributed by atoms with Gasteiger partial charge in [0.2, 0.25) is 15.9 Å². The molecule has 1 amide bonds. The molecule has 1 aliphatic heterocycles. The van der Waals surface area contributed by atoms with Crippen LogP contribution in [-0.2, 0) is 14.8 Å². The van der Waals surface area contributed by atoms with Gasteiger partial charge in [-0.25, -0.2) is 8.42 Å². The third kappa shape index (κ3) is 5.92.